The van der Waals surface area contributed by atoms with Crippen LogP contribution in [-0.4, -0.2) is 21.8 Å². The topological polar surface area (TPSA) is 67.3 Å². The molecular formula is C5H3NO3S. The van der Waals surface area contributed by atoms with Crippen LogP contribution in [0.4, 0.5) is 0 Å². The summed E-state index contributed by atoms with van der Waals surface area (Å²) in [5, 5.41) is 8.18. The van der Waals surface area contributed by atoms with Crippen LogP contribution in [-0.2, 0) is 4.79 Å². The van der Waals surface area contributed by atoms with Gasteiger partial charge < -0.3 is 5.11 Å². The van der Waals surface area contributed by atoms with Crippen LogP contribution in [0.2, 0.25) is 0 Å². The zero-order valence-electron chi connectivity index (χ0n) is 4.77. The Morgan fingerprint density at radius 3 is 2.70 bits per heavy atom. The molecule has 0 aliphatic carbocycles. The number of hydrogen-bond acceptors (Lipinski definition) is 4. The first-order chi connectivity index (χ1) is 4.72. The Morgan fingerprint density at radius 2 is 2.30 bits per heavy atom. The van der Waals surface area contributed by atoms with E-state index in [9.17, 15) is 9.59 Å². The van der Waals surface area contributed by atoms with Gasteiger partial charge in [0.05, 0.1) is 5.51 Å². The van der Waals surface area contributed by atoms with Gasteiger partial charge in [-0.3, -0.25) is 9.78 Å². The maximum absolute atomic E-state index is 10.6. The van der Waals surface area contributed by atoms with E-state index in [2.05, 4.69) is 4.98 Å². The number of ketones is 1. The Labute approximate surface area is 60.1 Å². The SMILES string of the molecule is O=C(O)C(=O)c1cncs1. The second kappa shape index (κ2) is 2.57. The van der Waals surface area contributed by atoms with E-state index in [0.29, 0.717) is 0 Å². The summed E-state index contributed by atoms with van der Waals surface area (Å²) in [5.74, 6) is -2.34. The number of carbonyl (C=O) groups is 2. The number of carbonyl (C=O) groups excluding carboxylic acids is 1. The quantitative estimate of drug-likeness (QED) is 0.498. The van der Waals surface area contributed by atoms with Gasteiger partial charge in [0.1, 0.15) is 4.88 Å². The number of thiazole rings is 1. The van der Waals surface area contributed by atoms with Crippen molar-refractivity contribution in [1.29, 1.82) is 0 Å². The lowest BCUT2D eigenvalue weighted by Crippen LogP contribution is -2.10. The smallest absolute Gasteiger partial charge is 0.378 e. The van der Waals surface area contributed by atoms with E-state index in [0.717, 1.165) is 11.3 Å². The fourth-order valence-corrected chi connectivity index (χ4v) is 0.985. The van der Waals surface area contributed by atoms with Gasteiger partial charge in [0.2, 0.25) is 0 Å². The molecule has 0 aromatic carbocycles. The van der Waals surface area contributed by atoms with Crippen molar-refractivity contribution in [3.63, 3.8) is 0 Å². The van der Waals surface area contributed by atoms with Gasteiger partial charge in [-0.25, -0.2) is 4.79 Å². The summed E-state index contributed by atoms with van der Waals surface area (Å²) >= 11 is 1.02. The first kappa shape index (κ1) is 6.88. The zero-order valence-corrected chi connectivity index (χ0v) is 5.59. The largest absolute Gasteiger partial charge is 0.475 e. The van der Waals surface area contributed by atoms with Crippen molar-refractivity contribution in [3.8, 4) is 0 Å². The Morgan fingerprint density at radius 1 is 1.60 bits per heavy atom. The highest BCUT2D eigenvalue weighted by Gasteiger charge is 2.14. The summed E-state index contributed by atoms with van der Waals surface area (Å²) < 4.78 is 0. The van der Waals surface area contributed by atoms with Gasteiger partial charge in [-0.15, -0.1) is 11.3 Å². The van der Waals surface area contributed by atoms with Gasteiger partial charge in [0, 0.05) is 6.20 Å². The first-order valence-electron chi connectivity index (χ1n) is 2.38. The molecule has 0 saturated heterocycles. The van der Waals surface area contributed by atoms with Crippen LogP contribution in [0.15, 0.2) is 11.7 Å². The molecule has 0 aliphatic rings. The maximum atomic E-state index is 10.6. The predicted molar refractivity (Wildman–Crippen MR) is 34.1 cm³/mol. The maximum Gasteiger partial charge on any atom is 0.378 e. The van der Waals surface area contributed by atoms with Crippen LogP contribution < -0.4 is 0 Å². The van der Waals surface area contributed by atoms with Crippen molar-refractivity contribution < 1.29 is 14.7 Å². The Hall–Kier alpha value is -1.23. The molecular weight excluding hydrogens is 154 g/mol. The van der Waals surface area contributed by atoms with Gasteiger partial charge in [-0.05, 0) is 0 Å². The van der Waals surface area contributed by atoms with Crippen molar-refractivity contribution in [2.45, 2.75) is 0 Å². The Kier molecular flexibility index (Phi) is 1.77. The van der Waals surface area contributed by atoms with E-state index >= 15 is 0 Å². The average molecular weight is 157 g/mol. The van der Waals surface area contributed by atoms with Crippen LogP contribution in [0.25, 0.3) is 0 Å². The monoisotopic (exact) mass is 157 g/mol. The molecule has 0 unspecified atom stereocenters. The van der Waals surface area contributed by atoms with Gasteiger partial charge in [0.25, 0.3) is 5.78 Å². The Bertz CT molecular complexity index is 254. The minimum Gasteiger partial charge on any atom is -0.475 e. The third kappa shape index (κ3) is 1.19. The van der Waals surface area contributed by atoms with Crippen LogP contribution in [0.5, 0.6) is 0 Å². The summed E-state index contributed by atoms with van der Waals surface area (Å²) in [6, 6.07) is 0. The number of nitrogens with zero attached hydrogens (tertiary/aromatic N) is 1. The van der Waals surface area contributed by atoms with Gasteiger partial charge in [0.15, 0.2) is 0 Å². The number of carboxylic acid groups (broad SMARTS) is 1. The molecule has 0 saturated carbocycles. The molecule has 1 aromatic heterocycles. The minimum absolute atomic E-state index is 0.160. The summed E-state index contributed by atoms with van der Waals surface area (Å²) in [6.07, 6.45) is 1.24. The molecule has 0 spiro atoms. The fourth-order valence-electron chi connectivity index (χ4n) is 0.433. The molecule has 1 rings (SSSR count). The van der Waals surface area contributed by atoms with Gasteiger partial charge in [-0.2, -0.15) is 0 Å². The molecule has 1 N–H and O–H groups in total. The van der Waals surface area contributed by atoms with E-state index < -0.39 is 11.8 Å². The molecule has 1 heterocycles. The second-order valence-corrected chi connectivity index (χ2v) is 2.39. The van der Waals surface area contributed by atoms with Crippen molar-refractivity contribution in [2.75, 3.05) is 0 Å². The lowest BCUT2D eigenvalue weighted by molar-refractivity contribution is -0.131. The zero-order chi connectivity index (χ0) is 7.56. The van der Waals surface area contributed by atoms with E-state index in [1.165, 1.54) is 11.7 Å². The van der Waals surface area contributed by atoms with Gasteiger partial charge in [-0.1, -0.05) is 0 Å². The number of aromatic nitrogens is 1. The average Bonchev–Trinajstić information content (AvgIpc) is 2.36. The molecule has 0 fully saturated rings. The van der Waals surface area contributed by atoms with Gasteiger partial charge >= 0.3 is 5.97 Å². The highest BCUT2D eigenvalue weighted by molar-refractivity contribution is 7.12. The number of rotatable bonds is 2. The molecule has 10 heavy (non-hydrogen) atoms. The summed E-state index contributed by atoms with van der Waals surface area (Å²) in [4.78, 5) is 24.3. The summed E-state index contributed by atoms with van der Waals surface area (Å²) in [7, 11) is 0. The van der Waals surface area contributed by atoms with Crippen LogP contribution in [0.1, 0.15) is 9.67 Å². The molecule has 4 nitrogen and oxygen atoms in total. The van der Waals surface area contributed by atoms with Crippen molar-refractivity contribution in [1.82, 2.24) is 4.98 Å². The molecule has 0 radical (unpaired) electrons. The third-order valence-electron chi connectivity index (χ3n) is 0.850. The lowest BCUT2D eigenvalue weighted by atomic mass is 10.4. The number of Topliss-reactive ketones (excluding diaryl/α,β-unsaturated/α-hetero) is 1. The highest BCUT2D eigenvalue weighted by Crippen LogP contribution is 2.05. The normalized spacial score (nSPS) is 9.20. The molecule has 0 bridgehead atoms. The minimum atomic E-state index is -1.44. The molecule has 1 aromatic rings. The molecule has 0 atom stereocenters. The van der Waals surface area contributed by atoms with E-state index in [-0.39, 0.29) is 4.88 Å². The summed E-state index contributed by atoms with van der Waals surface area (Å²) in [5.41, 5.74) is 1.41. The number of hydrogen-bond donors (Lipinski definition) is 1. The van der Waals surface area contributed by atoms with E-state index in [1.807, 2.05) is 0 Å². The molecule has 0 amide bonds. The standard InChI is InChI=1S/C5H3NO3S/c7-4(5(8)9)3-1-6-2-10-3/h1-2H,(H,8,9). The second-order valence-electron chi connectivity index (χ2n) is 1.50. The van der Waals surface area contributed by atoms with Crippen LogP contribution >= 0.6 is 11.3 Å². The first-order valence-corrected chi connectivity index (χ1v) is 3.26. The third-order valence-corrected chi connectivity index (χ3v) is 1.62. The van der Waals surface area contributed by atoms with Crippen LogP contribution in [0, 0.1) is 0 Å². The van der Waals surface area contributed by atoms with E-state index in [1.54, 1.807) is 0 Å². The molecule has 0 aliphatic heterocycles. The summed E-state index contributed by atoms with van der Waals surface area (Å²) in [6.45, 7) is 0. The van der Waals surface area contributed by atoms with Crippen molar-refractivity contribution in [3.05, 3.63) is 16.6 Å². The lowest BCUT2D eigenvalue weighted by Gasteiger charge is -1.83. The fraction of sp³-hybridized carbons (Fsp3) is 0. The van der Waals surface area contributed by atoms with E-state index in [4.69, 9.17) is 5.11 Å². The Balaban J connectivity index is 2.88. The number of carboxylic acids is 1. The predicted octanol–water partition coefficient (Wildman–Crippen LogP) is 0.410. The highest BCUT2D eigenvalue weighted by atomic mass is 32.1. The molecule has 52 valence electrons. The van der Waals surface area contributed by atoms with Crippen molar-refractivity contribution in [2.24, 2.45) is 0 Å². The van der Waals surface area contributed by atoms with Crippen LogP contribution in [0.3, 0.4) is 0 Å². The van der Waals surface area contributed by atoms with Crippen molar-refractivity contribution >= 4 is 23.1 Å². The number of aliphatic carboxylic acids is 1. The molecule has 5 heteroatoms.